The second-order valence-electron chi connectivity index (χ2n) is 6.96. The molecule has 0 spiro atoms. The smallest absolute Gasteiger partial charge is 0.310 e. The fourth-order valence-corrected chi connectivity index (χ4v) is 4.53. The maximum atomic E-state index is 12.4. The fourth-order valence-electron chi connectivity index (χ4n) is 3.23. The molecule has 1 aromatic carbocycles. The molecule has 154 valence electrons. The van der Waals surface area contributed by atoms with Crippen LogP contribution in [0.25, 0.3) is 0 Å². The molecule has 0 radical (unpaired) electrons. The van der Waals surface area contributed by atoms with Crippen LogP contribution in [-0.2, 0) is 27.2 Å². The van der Waals surface area contributed by atoms with Crippen LogP contribution in [0.1, 0.15) is 46.1 Å². The molecule has 29 heavy (non-hydrogen) atoms. The lowest BCUT2D eigenvalue weighted by Crippen LogP contribution is -2.31. The Bertz CT molecular complexity index is 937. The van der Waals surface area contributed by atoms with Gasteiger partial charge in [0.1, 0.15) is 10.8 Å². The second-order valence-corrected chi connectivity index (χ2v) is 8.07. The minimum Gasteiger partial charge on any atom is -0.493 e. The average Bonchev–Trinajstić information content (AvgIpc) is 3.21. The minimum atomic E-state index is -1.00. The van der Waals surface area contributed by atoms with Crippen LogP contribution in [0.5, 0.6) is 5.75 Å². The summed E-state index contributed by atoms with van der Waals surface area (Å²) in [6.45, 7) is 3.59. The predicted octanol–water partition coefficient (Wildman–Crippen LogP) is 2.98. The molecule has 7 nitrogen and oxygen atoms in total. The number of carbonyl (C=O) groups is 3. The molecule has 1 atom stereocenters. The topological polar surface area (TPSA) is 108 Å². The van der Waals surface area contributed by atoms with Crippen LogP contribution < -0.4 is 15.8 Å². The van der Waals surface area contributed by atoms with Gasteiger partial charge in [0.25, 0.3) is 11.8 Å². The van der Waals surface area contributed by atoms with E-state index in [1.165, 1.54) is 18.3 Å². The maximum absolute atomic E-state index is 12.4. The summed E-state index contributed by atoms with van der Waals surface area (Å²) in [5.74, 6) is -0.921. The number of esters is 1. The quantitative estimate of drug-likeness (QED) is 0.643. The van der Waals surface area contributed by atoms with Gasteiger partial charge in [-0.15, -0.1) is 11.3 Å². The number of rotatable bonds is 8. The van der Waals surface area contributed by atoms with E-state index in [1.54, 1.807) is 0 Å². The number of aryl methyl sites for hydroxylation is 2. The van der Waals surface area contributed by atoms with Gasteiger partial charge in [-0.1, -0.05) is 12.1 Å². The first-order chi connectivity index (χ1) is 13.8. The van der Waals surface area contributed by atoms with Gasteiger partial charge < -0.3 is 20.5 Å². The molecule has 0 aliphatic heterocycles. The van der Waals surface area contributed by atoms with Crippen LogP contribution in [0.15, 0.2) is 24.3 Å². The number of amides is 2. The molecule has 0 unspecified atom stereocenters. The molecule has 8 heteroatoms. The molecule has 1 heterocycles. The predicted molar refractivity (Wildman–Crippen MR) is 110 cm³/mol. The molecule has 0 saturated carbocycles. The lowest BCUT2D eigenvalue weighted by atomic mass is 10.1. The first kappa shape index (κ1) is 20.9. The van der Waals surface area contributed by atoms with Crippen molar-refractivity contribution in [2.75, 3.05) is 11.9 Å². The largest absolute Gasteiger partial charge is 0.493 e. The van der Waals surface area contributed by atoms with Gasteiger partial charge in [-0.25, -0.2) is 0 Å². The van der Waals surface area contributed by atoms with Gasteiger partial charge in [-0.2, -0.15) is 0 Å². The van der Waals surface area contributed by atoms with E-state index in [9.17, 15) is 14.4 Å². The average molecular weight is 416 g/mol. The highest BCUT2D eigenvalue weighted by atomic mass is 32.1. The third-order valence-electron chi connectivity index (χ3n) is 4.65. The van der Waals surface area contributed by atoms with E-state index in [4.69, 9.17) is 15.2 Å². The number of anilines is 1. The number of carbonyl (C=O) groups excluding carboxylic acids is 3. The van der Waals surface area contributed by atoms with E-state index in [0.717, 1.165) is 35.3 Å². The first-order valence-corrected chi connectivity index (χ1v) is 10.3. The first-order valence-electron chi connectivity index (χ1n) is 9.49. The summed E-state index contributed by atoms with van der Waals surface area (Å²) in [5, 5.41) is 3.11. The van der Waals surface area contributed by atoms with Crippen LogP contribution in [0.4, 0.5) is 5.00 Å². The lowest BCUT2D eigenvalue weighted by Gasteiger charge is -2.14. The Hall–Kier alpha value is -2.87. The zero-order valence-corrected chi connectivity index (χ0v) is 17.3. The number of primary amides is 1. The van der Waals surface area contributed by atoms with Gasteiger partial charge in [-0.3, -0.25) is 14.4 Å². The van der Waals surface area contributed by atoms with Gasteiger partial charge in [0.2, 0.25) is 0 Å². The number of nitrogens with two attached hydrogens (primary N) is 1. The molecule has 0 saturated heterocycles. The molecule has 2 amide bonds. The number of nitrogens with one attached hydrogen (secondary N) is 1. The standard InChI is InChI=1S/C21H24N2O5S/c1-12-5-3-6-14(11-12)27-10-9-17(24)28-13(2)20(26)23-21-18(19(22)25)15-7-4-8-16(15)29-21/h3,5-6,11,13H,4,7-10H2,1-2H3,(H2,22,25)(H,23,26)/t13-/m1/s1. The number of fused-ring (bicyclic) bond motifs is 1. The van der Waals surface area contributed by atoms with E-state index in [-0.39, 0.29) is 13.0 Å². The highest BCUT2D eigenvalue weighted by Gasteiger charge is 2.27. The summed E-state index contributed by atoms with van der Waals surface area (Å²) in [4.78, 5) is 37.3. The number of hydrogen-bond acceptors (Lipinski definition) is 6. The highest BCUT2D eigenvalue weighted by molar-refractivity contribution is 7.17. The number of ether oxygens (including phenoxy) is 2. The molecular weight excluding hydrogens is 392 g/mol. The summed E-state index contributed by atoms with van der Waals surface area (Å²) in [6.07, 6.45) is 1.66. The van der Waals surface area contributed by atoms with Crippen LogP contribution in [0.3, 0.4) is 0 Å². The summed E-state index contributed by atoms with van der Waals surface area (Å²) < 4.78 is 10.7. The Balaban J connectivity index is 1.50. The van der Waals surface area contributed by atoms with Crippen molar-refractivity contribution < 1.29 is 23.9 Å². The fraction of sp³-hybridized carbons (Fsp3) is 0.381. The molecule has 1 aliphatic carbocycles. The monoisotopic (exact) mass is 416 g/mol. The van der Waals surface area contributed by atoms with E-state index in [2.05, 4.69) is 5.32 Å². The number of benzene rings is 1. The van der Waals surface area contributed by atoms with Gasteiger partial charge >= 0.3 is 5.97 Å². The Kier molecular flexibility index (Phi) is 6.53. The van der Waals surface area contributed by atoms with Gasteiger partial charge in [0.15, 0.2) is 6.10 Å². The lowest BCUT2D eigenvalue weighted by molar-refractivity contribution is -0.153. The zero-order valence-electron chi connectivity index (χ0n) is 16.4. The SMILES string of the molecule is Cc1cccc(OCCC(=O)O[C@H](C)C(=O)Nc2sc3c(c2C(N)=O)CCC3)c1. The molecule has 3 rings (SSSR count). The van der Waals surface area contributed by atoms with Crippen LogP contribution in [0, 0.1) is 6.92 Å². The normalized spacial score (nSPS) is 13.4. The molecular formula is C21H24N2O5S. The molecule has 1 aliphatic rings. The zero-order chi connectivity index (χ0) is 21.0. The molecule has 0 fully saturated rings. The van der Waals surface area contributed by atoms with Crippen molar-refractivity contribution in [3.8, 4) is 5.75 Å². The number of hydrogen-bond donors (Lipinski definition) is 2. The summed E-state index contributed by atoms with van der Waals surface area (Å²) in [7, 11) is 0. The molecule has 1 aromatic heterocycles. The molecule has 3 N–H and O–H groups in total. The van der Waals surface area contributed by atoms with E-state index in [1.807, 2.05) is 31.2 Å². The summed E-state index contributed by atoms with van der Waals surface area (Å²) in [5.41, 5.74) is 7.86. The number of thiophene rings is 1. The highest BCUT2D eigenvalue weighted by Crippen LogP contribution is 2.38. The van der Waals surface area contributed by atoms with Gasteiger partial charge in [0.05, 0.1) is 18.6 Å². The second kappa shape index (κ2) is 9.09. The van der Waals surface area contributed by atoms with E-state index >= 15 is 0 Å². The summed E-state index contributed by atoms with van der Waals surface area (Å²) >= 11 is 1.36. The minimum absolute atomic E-state index is 0.0192. The Labute approximate surface area is 173 Å². The Morgan fingerprint density at radius 1 is 1.28 bits per heavy atom. The van der Waals surface area contributed by atoms with Crippen LogP contribution >= 0.6 is 11.3 Å². The third-order valence-corrected chi connectivity index (χ3v) is 5.85. The van der Waals surface area contributed by atoms with Crippen molar-refractivity contribution in [3.05, 3.63) is 45.8 Å². The van der Waals surface area contributed by atoms with Crippen molar-refractivity contribution in [2.24, 2.45) is 5.73 Å². The third kappa shape index (κ3) is 5.14. The van der Waals surface area contributed by atoms with Crippen molar-refractivity contribution in [1.29, 1.82) is 0 Å². The van der Waals surface area contributed by atoms with Gasteiger partial charge in [0, 0.05) is 4.88 Å². The Morgan fingerprint density at radius 2 is 2.07 bits per heavy atom. The molecule has 2 aromatic rings. The van der Waals surface area contributed by atoms with Gasteiger partial charge in [-0.05, 0) is 56.4 Å². The van der Waals surface area contributed by atoms with Crippen molar-refractivity contribution in [2.45, 2.75) is 45.6 Å². The van der Waals surface area contributed by atoms with E-state index in [0.29, 0.717) is 16.3 Å². The summed E-state index contributed by atoms with van der Waals surface area (Å²) in [6, 6.07) is 7.50. The maximum Gasteiger partial charge on any atom is 0.310 e. The molecule has 0 bridgehead atoms. The van der Waals surface area contributed by atoms with Crippen LogP contribution in [-0.4, -0.2) is 30.5 Å². The van der Waals surface area contributed by atoms with E-state index < -0.39 is 23.9 Å². The van der Waals surface area contributed by atoms with Crippen molar-refractivity contribution >= 4 is 34.1 Å². The van der Waals surface area contributed by atoms with Crippen LogP contribution in [0.2, 0.25) is 0 Å². The Morgan fingerprint density at radius 3 is 2.79 bits per heavy atom. The van der Waals surface area contributed by atoms with Crippen molar-refractivity contribution in [1.82, 2.24) is 0 Å². The van der Waals surface area contributed by atoms with Crippen molar-refractivity contribution in [3.63, 3.8) is 0 Å².